The first-order chi connectivity index (χ1) is 9.52. The van der Waals surface area contributed by atoms with Crippen molar-refractivity contribution in [3.63, 3.8) is 0 Å². The first-order valence-electron chi connectivity index (χ1n) is 7.11. The molecule has 1 aliphatic heterocycles. The van der Waals surface area contributed by atoms with Crippen LogP contribution in [-0.2, 0) is 11.2 Å². The third kappa shape index (κ3) is 3.12. The SMILES string of the molecule is COc1ccccc1CC(C)N1C[C@@H](C)[C@H](C(=O)O)C1. The molecule has 110 valence electrons. The Kier molecular flexibility index (Phi) is 4.65. The number of carboxylic acid groups (broad SMARTS) is 1. The monoisotopic (exact) mass is 277 g/mol. The fourth-order valence-corrected chi connectivity index (χ4v) is 3.00. The second-order valence-corrected chi connectivity index (χ2v) is 5.74. The molecule has 4 heteroatoms. The highest BCUT2D eigenvalue weighted by Crippen LogP contribution is 2.27. The zero-order chi connectivity index (χ0) is 14.7. The van der Waals surface area contributed by atoms with Crippen molar-refractivity contribution < 1.29 is 14.6 Å². The molecule has 1 aliphatic rings. The van der Waals surface area contributed by atoms with E-state index in [9.17, 15) is 9.90 Å². The summed E-state index contributed by atoms with van der Waals surface area (Å²) in [7, 11) is 1.68. The van der Waals surface area contributed by atoms with Crippen molar-refractivity contribution in [3.8, 4) is 5.75 Å². The van der Waals surface area contributed by atoms with Gasteiger partial charge in [0.1, 0.15) is 5.75 Å². The van der Waals surface area contributed by atoms with Gasteiger partial charge < -0.3 is 9.84 Å². The maximum atomic E-state index is 11.2. The van der Waals surface area contributed by atoms with Crippen molar-refractivity contribution in [2.24, 2.45) is 11.8 Å². The molecule has 1 aromatic carbocycles. The van der Waals surface area contributed by atoms with E-state index in [4.69, 9.17) is 4.74 Å². The summed E-state index contributed by atoms with van der Waals surface area (Å²) in [4.78, 5) is 13.5. The van der Waals surface area contributed by atoms with Gasteiger partial charge in [-0.2, -0.15) is 0 Å². The molecule has 1 unspecified atom stereocenters. The van der Waals surface area contributed by atoms with Gasteiger partial charge in [0.15, 0.2) is 0 Å². The highest BCUT2D eigenvalue weighted by Gasteiger charge is 2.36. The summed E-state index contributed by atoms with van der Waals surface area (Å²) in [5.41, 5.74) is 1.17. The molecule has 0 amide bonds. The fourth-order valence-electron chi connectivity index (χ4n) is 3.00. The molecule has 1 fully saturated rings. The number of carboxylic acids is 1. The van der Waals surface area contributed by atoms with Crippen LogP contribution >= 0.6 is 0 Å². The second kappa shape index (κ2) is 6.27. The van der Waals surface area contributed by atoms with Crippen LogP contribution < -0.4 is 4.74 Å². The highest BCUT2D eigenvalue weighted by molar-refractivity contribution is 5.71. The lowest BCUT2D eigenvalue weighted by Crippen LogP contribution is -2.33. The van der Waals surface area contributed by atoms with Crippen molar-refractivity contribution in [2.45, 2.75) is 26.3 Å². The number of ether oxygens (including phenoxy) is 1. The van der Waals surface area contributed by atoms with Gasteiger partial charge in [-0.15, -0.1) is 0 Å². The maximum absolute atomic E-state index is 11.2. The minimum atomic E-state index is -0.676. The summed E-state index contributed by atoms with van der Waals surface area (Å²) in [5, 5.41) is 9.21. The fraction of sp³-hybridized carbons (Fsp3) is 0.562. The average molecular weight is 277 g/mol. The van der Waals surface area contributed by atoms with Crippen LogP contribution in [0.2, 0.25) is 0 Å². The summed E-state index contributed by atoms with van der Waals surface area (Å²) >= 11 is 0. The van der Waals surface area contributed by atoms with Gasteiger partial charge >= 0.3 is 5.97 Å². The number of hydrogen-bond donors (Lipinski definition) is 1. The van der Waals surface area contributed by atoms with E-state index in [0.29, 0.717) is 12.6 Å². The van der Waals surface area contributed by atoms with Crippen molar-refractivity contribution in [3.05, 3.63) is 29.8 Å². The molecule has 0 aromatic heterocycles. The number of carbonyl (C=O) groups is 1. The van der Waals surface area contributed by atoms with E-state index in [0.717, 1.165) is 18.7 Å². The molecule has 4 nitrogen and oxygen atoms in total. The van der Waals surface area contributed by atoms with E-state index < -0.39 is 5.97 Å². The minimum Gasteiger partial charge on any atom is -0.496 e. The third-order valence-electron chi connectivity index (χ3n) is 4.29. The summed E-state index contributed by atoms with van der Waals surface area (Å²) < 4.78 is 5.38. The van der Waals surface area contributed by atoms with E-state index in [1.165, 1.54) is 5.56 Å². The van der Waals surface area contributed by atoms with Crippen molar-refractivity contribution >= 4 is 5.97 Å². The van der Waals surface area contributed by atoms with Crippen LogP contribution in [0, 0.1) is 11.8 Å². The van der Waals surface area contributed by atoms with E-state index >= 15 is 0 Å². The molecule has 2 rings (SSSR count). The van der Waals surface area contributed by atoms with Gasteiger partial charge in [-0.05, 0) is 30.9 Å². The standard InChI is InChI=1S/C16H23NO3/c1-11-9-17(10-14(11)16(18)19)12(2)8-13-6-4-5-7-15(13)20-3/h4-7,11-12,14H,8-10H2,1-3H3,(H,18,19)/t11-,12?,14-/m1/s1. The topological polar surface area (TPSA) is 49.8 Å². The molecular formula is C16H23NO3. The lowest BCUT2D eigenvalue weighted by atomic mass is 9.99. The van der Waals surface area contributed by atoms with Crippen LogP contribution in [0.25, 0.3) is 0 Å². The van der Waals surface area contributed by atoms with Crippen LogP contribution in [0.1, 0.15) is 19.4 Å². The smallest absolute Gasteiger partial charge is 0.308 e. The number of benzene rings is 1. The molecule has 1 heterocycles. The number of rotatable bonds is 5. The summed E-state index contributed by atoms with van der Waals surface area (Å²) in [6.07, 6.45) is 0.878. The van der Waals surface area contributed by atoms with Crippen LogP contribution in [0.15, 0.2) is 24.3 Å². The number of aliphatic carboxylic acids is 1. The molecule has 0 saturated carbocycles. The van der Waals surface area contributed by atoms with Gasteiger partial charge in [-0.3, -0.25) is 9.69 Å². The number of hydrogen-bond acceptors (Lipinski definition) is 3. The summed E-state index contributed by atoms with van der Waals surface area (Å²) in [6, 6.07) is 8.33. The molecule has 0 bridgehead atoms. The van der Waals surface area contributed by atoms with Crippen molar-refractivity contribution in [1.29, 1.82) is 0 Å². The largest absolute Gasteiger partial charge is 0.496 e. The van der Waals surface area contributed by atoms with Gasteiger partial charge in [0.05, 0.1) is 13.0 Å². The Morgan fingerprint density at radius 1 is 1.45 bits per heavy atom. The van der Waals surface area contributed by atoms with Gasteiger partial charge in [-0.25, -0.2) is 0 Å². The predicted octanol–water partition coefficient (Wildman–Crippen LogP) is 2.28. The van der Waals surface area contributed by atoms with Gasteiger partial charge in [-0.1, -0.05) is 25.1 Å². The van der Waals surface area contributed by atoms with Crippen LogP contribution in [-0.4, -0.2) is 42.2 Å². The Hall–Kier alpha value is -1.55. The zero-order valence-electron chi connectivity index (χ0n) is 12.4. The van der Waals surface area contributed by atoms with E-state index in [-0.39, 0.29) is 11.8 Å². The highest BCUT2D eigenvalue weighted by atomic mass is 16.5. The van der Waals surface area contributed by atoms with E-state index in [1.807, 2.05) is 25.1 Å². The zero-order valence-corrected chi connectivity index (χ0v) is 12.4. The molecule has 0 aliphatic carbocycles. The number of likely N-dealkylation sites (tertiary alicyclic amines) is 1. The molecule has 0 radical (unpaired) electrons. The second-order valence-electron chi connectivity index (χ2n) is 5.74. The Morgan fingerprint density at radius 2 is 2.15 bits per heavy atom. The first kappa shape index (κ1) is 14.9. The molecular weight excluding hydrogens is 254 g/mol. The molecule has 1 aromatic rings. The number of nitrogens with zero attached hydrogens (tertiary/aromatic N) is 1. The van der Waals surface area contributed by atoms with E-state index in [2.05, 4.69) is 17.9 Å². The Labute approximate surface area is 120 Å². The van der Waals surface area contributed by atoms with Crippen LogP contribution in [0.5, 0.6) is 5.75 Å². The normalized spacial score (nSPS) is 24.6. The van der Waals surface area contributed by atoms with Gasteiger partial charge in [0, 0.05) is 19.1 Å². The average Bonchev–Trinajstić information content (AvgIpc) is 2.81. The van der Waals surface area contributed by atoms with Crippen molar-refractivity contribution in [2.75, 3.05) is 20.2 Å². The maximum Gasteiger partial charge on any atom is 0.308 e. The van der Waals surface area contributed by atoms with Crippen LogP contribution in [0.4, 0.5) is 0 Å². The van der Waals surface area contributed by atoms with Crippen molar-refractivity contribution in [1.82, 2.24) is 4.90 Å². The Morgan fingerprint density at radius 3 is 2.75 bits per heavy atom. The van der Waals surface area contributed by atoms with Gasteiger partial charge in [0.2, 0.25) is 0 Å². The predicted molar refractivity (Wildman–Crippen MR) is 78.0 cm³/mol. The molecule has 1 N–H and O–H groups in total. The van der Waals surface area contributed by atoms with Crippen LogP contribution in [0.3, 0.4) is 0 Å². The van der Waals surface area contributed by atoms with Gasteiger partial charge in [0.25, 0.3) is 0 Å². The molecule has 3 atom stereocenters. The number of methoxy groups -OCH3 is 1. The summed E-state index contributed by atoms with van der Waals surface area (Å²) in [6.45, 7) is 5.68. The Balaban J connectivity index is 2.02. The third-order valence-corrected chi connectivity index (χ3v) is 4.29. The summed E-state index contributed by atoms with van der Waals surface area (Å²) in [5.74, 6) is 0.202. The Bertz CT molecular complexity index is 475. The quantitative estimate of drug-likeness (QED) is 0.897. The van der Waals surface area contributed by atoms with E-state index in [1.54, 1.807) is 7.11 Å². The minimum absolute atomic E-state index is 0.215. The molecule has 20 heavy (non-hydrogen) atoms. The number of para-hydroxylation sites is 1. The first-order valence-corrected chi connectivity index (χ1v) is 7.11. The lowest BCUT2D eigenvalue weighted by Gasteiger charge is -2.25. The lowest BCUT2D eigenvalue weighted by molar-refractivity contribution is -0.142. The molecule has 0 spiro atoms. The molecule has 1 saturated heterocycles.